The fraction of sp³-hybridized carbons (Fsp3) is 0.500. The van der Waals surface area contributed by atoms with Crippen LogP contribution in [0.5, 0.6) is 5.75 Å². The van der Waals surface area contributed by atoms with Gasteiger partial charge < -0.3 is 10.1 Å². The van der Waals surface area contributed by atoms with E-state index in [4.69, 9.17) is 10.00 Å². The smallest absolute Gasteiger partial charge is 0.155 e. The predicted molar refractivity (Wildman–Crippen MR) is 75.0 cm³/mol. The monoisotopic (exact) mass is 331 g/mol. The maximum absolute atomic E-state index is 8.99. The number of hydrogen-bond acceptors (Lipinski definition) is 4. The van der Waals surface area contributed by atoms with Gasteiger partial charge in [0.15, 0.2) is 5.75 Å². The van der Waals surface area contributed by atoms with Crippen LogP contribution < -0.4 is 10.1 Å². The highest BCUT2D eigenvalue weighted by Crippen LogP contribution is 2.21. The molecule has 0 aliphatic carbocycles. The number of piperidine rings is 1. The van der Waals surface area contributed by atoms with E-state index in [1.54, 1.807) is 12.3 Å². The Bertz CT molecular complexity index is 430. The Morgan fingerprint density at radius 3 is 2.89 bits per heavy atom. The molecule has 2 rings (SSSR count). The average molecular weight is 333 g/mol. The van der Waals surface area contributed by atoms with Crippen molar-refractivity contribution >= 4 is 28.3 Å². The molecule has 4 nitrogen and oxygen atoms in total. The van der Waals surface area contributed by atoms with Crippen LogP contribution in [0.1, 0.15) is 18.4 Å². The third kappa shape index (κ3) is 4.13. The molecule has 98 valence electrons. The van der Waals surface area contributed by atoms with E-state index in [0.29, 0.717) is 28.4 Å². The summed E-state index contributed by atoms with van der Waals surface area (Å²) in [5.41, 5.74) is 0.529. The Kier molecular flexibility index (Phi) is 6.41. The Morgan fingerprint density at radius 2 is 2.22 bits per heavy atom. The summed E-state index contributed by atoms with van der Waals surface area (Å²) in [6, 6.07) is 3.80. The predicted octanol–water partition coefficient (Wildman–Crippen LogP) is 2.52. The van der Waals surface area contributed by atoms with Gasteiger partial charge in [-0.15, -0.1) is 12.4 Å². The van der Waals surface area contributed by atoms with Crippen LogP contribution in [-0.4, -0.2) is 24.7 Å². The van der Waals surface area contributed by atoms with Crippen molar-refractivity contribution in [3.63, 3.8) is 0 Å². The highest BCUT2D eigenvalue weighted by Gasteiger charge is 2.14. The minimum absolute atomic E-state index is 0. The average Bonchev–Trinajstić information content (AvgIpc) is 2.38. The second kappa shape index (κ2) is 7.57. The SMILES string of the molecule is Cl.N#Cc1cc(Br)ncc1OCC1CCNCC1. The van der Waals surface area contributed by atoms with Gasteiger partial charge in [-0.2, -0.15) is 5.26 Å². The van der Waals surface area contributed by atoms with Gasteiger partial charge in [-0.3, -0.25) is 0 Å². The maximum Gasteiger partial charge on any atom is 0.155 e. The number of aromatic nitrogens is 1. The highest BCUT2D eigenvalue weighted by molar-refractivity contribution is 9.10. The van der Waals surface area contributed by atoms with E-state index < -0.39 is 0 Å². The number of ether oxygens (including phenoxy) is 1. The van der Waals surface area contributed by atoms with Crippen LogP contribution in [-0.2, 0) is 0 Å². The second-order valence-corrected chi connectivity index (χ2v) is 4.93. The maximum atomic E-state index is 8.99. The first-order valence-electron chi connectivity index (χ1n) is 5.69. The van der Waals surface area contributed by atoms with E-state index >= 15 is 0 Å². The molecule has 2 heterocycles. The van der Waals surface area contributed by atoms with Crippen LogP contribution in [0, 0.1) is 17.2 Å². The molecule has 18 heavy (non-hydrogen) atoms. The summed E-state index contributed by atoms with van der Waals surface area (Å²) < 4.78 is 6.34. The molecule has 0 unspecified atom stereocenters. The lowest BCUT2D eigenvalue weighted by Crippen LogP contribution is -2.30. The molecule has 0 aromatic carbocycles. The molecule has 1 saturated heterocycles. The number of rotatable bonds is 3. The van der Waals surface area contributed by atoms with Crippen molar-refractivity contribution in [3.05, 3.63) is 22.4 Å². The van der Waals surface area contributed by atoms with Gasteiger partial charge in [-0.25, -0.2) is 4.98 Å². The quantitative estimate of drug-likeness (QED) is 0.864. The van der Waals surface area contributed by atoms with Gasteiger partial charge in [0.05, 0.1) is 18.4 Å². The Morgan fingerprint density at radius 1 is 1.50 bits per heavy atom. The zero-order chi connectivity index (χ0) is 12.1. The van der Waals surface area contributed by atoms with Crippen molar-refractivity contribution in [1.29, 1.82) is 5.26 Å². The fourth-order valence-electron chi connectivity index (χ4n) is 1.88. The summed E-state index contributed by atoms with van der Waals surface area (Å²) in [7, 11) is 0. The van der Waals surface area contributed by atoms with Crippen LogP contribution in [0.15, 0.2) is 16.9 Å². The van der Waals surface area contributed by atoms with Crippen LogP contribution in [0.25, 0.3) is 0 Å². The Hall–Kier alpha value is -0.830. The van der Waals surface area contributed by atoms with Crippen molar-refractivity contribution in [1.82, 2.24) is 10.3 Å². The van der Waals surface area contributed by atoms with Crippen molar-refractivity contribution in [3.8, 4) is 11.8 Å². The number of halogens is 2. The minimum atomic E-state index is 0. The lowest BCUT2D eigenvalue weighted by Gasteiger charge is -2.22. The molecule has 0 atom stereocenters. The van der Waals surface area contributed by atoms with E-state index in [1.165, 1.54) is 0 Å². The van der Waals surface area contributed by atoms with E-state index in [1.807, 2.05) is 0 Å². The van der Waals surface area contributed by atoms with Gasteiger partial charge in [0.1, 0.15) is 10.7 Å². The molecule has 1 aliphatic rings. The van der Waals surface area contributed by atoms with E-state index in [0.717, 1.165) is 25.9 Å². The highest BCUT2D eigenvalue weighted by atomic mass is 79.9. The van der Waals surface area contributed by atoms with Crippen LogP contribution in [0.4, 0.5) is 0 Å². The van der Waals surface area contributed by atoms with Crippen molar-refractivity contribution in [2.24, 2.45) is 5.92 Å². The van der Waals surface area contributed by atoms with Gasteiger partial charge in [0.2, 0.25) is 0 Å². The fourth-order valence-corrected chi connectivity index (χ4v) is 2.21. The first-order valence-corrected chi connectivity index (χ1v) is 6.48. The van der Waals surface area contributed by atoms with Crippen LogP contribution >= 0.6 is 28.3 Å². The number of nitriles is 1. The standard InChI is InChI=1S/C12H14BrN3O.ClH/c13-12-5-10(6-14)11(7-16-12)17-8-9-1-3-15-4-2-9;/h5,7,9,15H,1-4,8H2;1H. The van der Waals surface area contributed by atoms with Crippen molar-refractivity contribution in [2.75, 3.05) is 19.7 Å². The van der Waals surface area contributed by atoms with Gasteiger partial charge in [0.25, 0.3) is 0 Å². The van der Waals surface area contributed by atoms with Crippen molar-refractivity contribution < 1.29 is 4.74 Å². The Balaban J connectivity index is 0.00000162. The molecular formula is C12H15BrClN3O. The van der Waals surface area contributed by atoms with Crippen LogP contribution in [0.3, 0.4) is 0 Å². The molecule has 1 aromatic heterocycles. The minimum Gasteiger partial charge on any atom is -0.490 e. The molecule has 1 aliphatic heterocycles. The third-order valence-electron chi connectivity index (χ3n) is 2.89. The summed E-state index contributed by atoms with van der Waals surface area (Å²) in [6.45, 7) is 2.77. The molecule has 0 bridgehead atoms. The lowest BCUT2D eigenvalue weighted by molar-refractivity contribution is 0.214. The summed E-state index contributed by atoms with van der Waals surface area (Å²) in [5, 5.41) is 12.3. The van der Waals surface area contributed by atoms with Gasteiger partial charge in [-0.1, -0.05) is 0 Å². The zero-order valence-corrected chi connectivity index (χ0v) is 12.3. The normalized spacial score (nSPS) is 15.6. The second-order valence-electron chi connectivity index (χ2n) is 4.12. The molecule has 0 spiro atoms. The summed E-state index contributed by atoms with van der Waals surface area (Å²) >= 11 is 3.24. The first-order chi connectivity index (χ1) is 8.29. The molecule has 0 radical (unpaired) electrons. The summed E-state index contributed by atoms with van der Waals surface area (Å²) in [4.78, 5) is 4.08. The number of nitrogens with zero attached hydrogens (tertiary/aromatic N) is 2. The number of pyridine rings is 1. The molecule has 6 heteroatoms. The molecule has 1 fully saturated rings. The van der Waals surface area contributed by atoms with Crippen LogP contribution in [0.2, 0.25) is 0 Å². The van der Waals surface area contributed by atoms with Gasteiger partial charge in [-0.05, 0) is 53.8 Å². The summed E-state index contributed by atoms with van der Waals surface area (Å²) in [6.07, 6.45) is 3.86. The molecular weight excluding hydrogens is 318 g/mol. The number of nitrogens with one attached hydrogen (secondary N) is 1. The zero-order valence-electron chi connectivity index (χ0n) is 9.86. The van der Waals surface area contributed by atoms with E-state index in [2.05, 4.69) is 32.3 Å². The first kappa shape index (κ1) is 15.2. The van der Waals surface area contributed by atoms with Gasteiger partial charge in [0, 0.05) is 0 Å². The lowest BCUT2D eigenvalue weighted by atomic mass is 9.99. The number of hydrogen-bond donors (Lipinski definition) is 1. The van der Waals surface area contributed by atoms with Crippen molar-refractivity contribution in [2.45, 2.75) is 12.8 Å². The third-order valence-corrected chi connectivity index (χ3v) is 3.32. The van der Waals surface area contributed by atoms with E-state index in [9.17, 15) is 0 Å². The van der Waals surface area contributed by atoms with Gasteiger partial charge >= 0.3 is 0 Å². The Labute approximate surface area is 121 Å². The molecule has 0 amide bonds. The molecule has 0 saturated carbocycles. The largest absolute Gasteiger partial charge is 0.490 e. The summed E-state index contributed by atoms with van der Waals surface area (Å²) in [5.74, 6) is 1.15. The topological polar surface area (TPSA) is 57.9 Å². The van der Waals surface area contributed by atoms with E-state index in [-0.39, 0.29) is 12.4 Å². The molecule has 1 N–H and O–H groups in total. The molecule has 1 aromatic rings.